The van der Waals surface area contributed by atoms with Crippen molar-refractivity contribution in [1.82, 2.24) is 9.62 Å². The quantitative estimate of drug-likeness (QED) is 0.782. The van der Waals surface area contributed by atoms with Crippen molar-refractivity contribution in [2.45, 2.75) is 24.8 Å². The van der Waals surface area contributed by atoms with Gasteiger partial charge in [0.05, 0.1) is 12.2 Å². The highest BCUT2D eigenvalue weighted by Crippen LogP contribution is 2.29. The molecule has 0 atom stereocenters. The van der Waals surface area contributed by atoms with Crippen LogP contribution in [-0.2, 0) is 21.4 Å². The maximum Gasteiger partial charge on any atom is 0.269 e. The van der Waals surface area contributed by atoms with Crippen LogP contribution in [0, 0.1) is 0 Å². The molecular weight excluding hydrogens is 368 g/mol. The molecule has 2 aromatic rings. The molecule has 2 aromatic carbocycles. The summed E-state index contributed by atoms with van der Waals surface area (Å²) in [6.07, 6.45) is -0.115. The van der Waals surface area contributed by atoms with Gasteiger partial charge in [0, 0.05) is 25.1 Å². The second kappa shape index (κ2) is 7.79. The molecule has 142 valence electrons. The summed E-state index contributed by atoms with van der Waals surface area (Å²) in [5.74, 6) is -0.256. The largest absolute Gasteiger partial charge is 0.494 e. The molecule has 0 bridgehead atoms. The number of nitrogens with one attached hydrogen (secondary N) is 1. The van der Waals surface area contributed by atoms with E-state index < -0.39 is 15.9 Å². The van der Waals surface area contributed by atoms with Gasteiger partial charge in [0.1, 0.15) is 10.6 Å². The maximum absolute atomic E-state index is 12.5. The molecule has 1 aliphatic heterocycles. The maximum atomic E-state index is 12.5. The second-order valence-corrected chi connectivity index (χ2v) is 7.78. The number of carbonyl (C=O) groups is 2. The molecule has 0 aromatic heterocycles. The van der Waals surface area contributed by atoms with E-state index in [-0.39, 0.29) is 35.9 Å². The van der Waals surface area contributed by atoms with Crippen molar-refractivity contribution < 1.29 is 22.7 Å². The van der Waals surface area contributed by atoms with Gasteiger partial charge < -0.3 is 10.1 Å². The number of sulfonamides is 1. The summed E-state index contributed by atoms with van der Waals surface area (Å²) in [4.78, 5) is 24.5. The molecule has 2 amide bonds. The Bertz CT molecular complexity index is 972. The van der Waals surface area contributed by atoms with Gasteiger partial charge in [0.15, 0.2) is 0 Å². The van der Waals surface area contributed by atoms with Crippen LogP contribution in [0.3, 0.4) is 0 Å². The Morgan fingerprint density at radius 2 is 1.81 bits per heavy atom. The minimum Gasteiger partial charge on any atom is -0.494 e. The third-order valence-corrected chi connectivity index (χ3v) is 6.04. The average molecular weight is 388 g/mol. The Kier molecular flexibility index (Phi) is 5.46. The number of nitrogens with zero attached hydrogens (tertiary/aromatic N) is 1. The van der Waals surface area contributed by atoms with Crippen LogP contribution in [0.15, 0.2) is 53.4 Å². The lowest BCUT2D eigenvalue weighted by atomic mass is 10.2. The molecule has 0 aliphatic carbocycles. The van der Waals surface area contributed by atoms with E-state index in [9.17, 15) is 18.0 Å². The van der Waals surface area contributed by atoms with Crippen LogP contribution in [0.4, 0.5) is 0 Å². The second-order valence-electron chi connectivity index (χ2n) is 5.95. The minimum absolute atomic E-state index is 0.0129. The summed E-state index contributed by atoms with van der Waals surface area (Å²) in [5.41, 5.74) is 0.966. The first-order valence-electron chi connectivity index (χ1n) is 8.58. The zero-order chi connectivity index (χ0) is 19.4. The van der Waals surface area contributed by atoms with E-state index in [0.717, 1.165) is 9.87 Å². The molecule has 7 nitrogen and oxygen atoms in total. The summed E-state index contributed by atoms with van der Waals surface area (Å²) in [7, 11) is -3.89. The van der Waals surface area contributed by atoms with Gasteiger partial charge in [-0.05, 0) is 25.1 Å². The molecule has 1 N–H and O–H groups in total. The topological polar surface area (TPSA) is 92.8 Å². The summed E-state index contributed by atoms with van der Waals surface area (Å²) in [6.45, 7) is 2.45. The van der Waals surface area contributed by atoms with Crippen molar-refractivity contribution >= 4 is 21.8 Å². The van der Waals surface area contributed by atoms with Gasteiger partial charge in [0.25, 0.3) is 15.9 Å². The molecule has 0 fully saturated rings. The molecule has 0 unspecified atom stereocenters. The number of hydrogen-bond donors (Lipinski definition) is 1. The van der Waals surface area contributed by atoms with Crippen LogP contribution in [-0.4, -0.2) is 37.7 Å². The summed E-state index contributed by atoms with van der Waals surface area (Å²) >= 11 is 0. The molecule has 1 heterocycles. The van der Waals surface area contributed by atoms with Gasteiger partial charge in [-0.1, -0.05) is 30.3 Å². The first-order chi connectivity index (χ1) is 12.9. The van der Waals surface area contributed by atoms with Crippen molar-refractivity contribution in [2.75, 3.05) is 13.2 Å². The number of ether oxygens (including phenoxy) is 1. The molecule has 0 spiro atoms. The molecule has 1 aliphatic rings. The van der Waals surface area contributed by atoms with Crippen LogP contribution in [0.1, 0.15) is 29.3 Å². The highest BCUT2D eigenvalue weighted by molar-refractivity contribution is 7.90. The van der Waals surface area contributed by atoms with Crippen molar-refractivity contribution in [3.8, 4) is 5.75 Å². The first kappa shape index (κ1) is 18.9. The molecule has 3 rings (SSSR count). The zero-order valence-corrected chi connectivity index (χ0v) is 15.7. The van der Waals surface area contributed by atoms with E-state index in [1.54, 1.807) is 12.1 Å². The van der Waals surface area contributed by atoms with Gasteiger partial charge >= 0.3 is 0 Å². The molecular formula is C19H20N2O5S. The number of para-hydroxylation sites is 1. The average Bonchev–Trinajstić information content (AvgIpc) is 2.86. The molecule has 0 radical (unpaired) electrons. The Morgan fingerprint density at radius 1 is 1.11 bits per heavy atom. The third-order valence-electron chi connectivity index (χ3n) is 4.20. The van der Waals surface area contributed by atoms with Gasteiger partial charge in [-0.15, -0.1) is 0 Å². The van der Waals surface area contributed by atoms with E-state index in [2.05, 4.69) is 5.32 Å². The molecule has 8 heteroatoms. The van der Waals surface area contributed by atoms with Crippen LogP contribution in [0.5, 0.6) is 5.75 Å². The number of carbonyl (C=O) groups excluding carboxylic acids is 2. The van der Waals surface area contributed by atoms with Crippen LogP contribution >= 0.6 is 0 Å². The van der Waals surface area contributed by atoms with E-state index in [4.69, 9.17) is 4.74 Å². The highest BCUT2D eigenvalue weighted by atomic mass is 32.2. The predicted octanol–water partition coefficient (Wildman–Crippen LogP) is 1.94. The predicted molar refractivity (Wildman–Crippen MR) is 98.7 cm³/mol. The molecule has 0 saturated heterocycles. The standard InChI is InChI=1S/C19H20N2O5S/c1-2-26-16-9-5-3-7-14(16)13-20-18(22)11-12-21-19(23)15-8-4-6-10-17(15)27(21,24)25/h3-10H,2,11-13H2,1H3,(H,20,22). The lowest BCUT2D eigenvalue weighted by molar-refractivity contribution is -0.121. The number of fused-ring (bicyclic) bond motifs is 1. The highest BCUT2D eigenvalue weighted by Gasteiger charge is 2.40. The number of benzene rings is 2. The van der Waals surface area contributed by atoms with Gasteiger partial charge in [-0.3, -0.25) is 9.59 Å². The van der Waals surface area contributed by atoms with Crippen LogP contribution in [0.2, 0.25) is 0 Å². The van der Waals surface area contributed by atoms with E-state index in [1.165, 1.54) is 12.1 Å². The summed E-state index contributed by atoms with van der Waals surface area (Å²) < 4.78 is 31.2. The third kappa shape index (κ3) is 3.80. The Balaban J connectivity index is 1.60. The van der Waals surface area contributed by atoms with Crippen molar-refractivity contribution in [1.29, 1.82) is 0 Å². The molecule has 0 saturated carbocycles. The van der Waals surface area contributed by atoms with Gasteiger partial charge in [0.2, 0.25) is 5.91 Å². The van der Waals surface area contributed by atoms with Gasteiger partial charge in [-0.25, -0.2) is 12.7 Å². The fourth-order valence-electron chi connectivity index (χ4n) is 2.88. The van der Waals surface area contributed by atoms with Crippen LogP contribution in [0.25, 0.3) is 0 Å². The number of hydrogen-bond acceptors (Lipinski definition) is 5. The fourth-order valence-corrected chi connectivity index (χ4v) is 4.45. The van der Waals surface area contributed by atoms with E-state index in [0.29, 0.717) is 12.4 Å². The van der Waals surface area contributed by atoms with Crippen molar-refractivity contribution in [3.63, 3.8) is 0 Å². The Morgan fingerprint density at radius 3 is 2.56 bits per heavy atom. The monoisotopic (exact) mass is 388 g/mol. The summed E-state index contributed by atoms with van der Waals surface area (Å²) in [6, 6.07) is 13.4. The van der Waals surface area contributed by atoms with E-state index >= 15 is 0 Å². The molecule has 27 heavy (non-hydrogen) atoms. The lowest BCUT2D eigenvalue weighted by Crippen LogP contribution is -2.34. The Hall–Kier alpha value is -2.87. The lowest BCUT2D eigenvalue weighted by Gasteiger charge is -2.15. The van der Waals surface area contributed by atoms with E-state index in [1.807, 2.05) is 31.2 Å². The minimum atomic E-state index is -3.89. The zero-order valence-electron chi connectivity index (χ0n) is 14.8. The summed E-state index contributed by atoms with van der Waals surface area (Å²) in [5, 5.41) is 2.73. The Labute approximate surface area is 158 Å². The number of rotatable bonds is 7. The van der Waals surface area contributed by atoms with Gasteiger partial charge in [-0.2, -0.15) is 0 Å². The number of amides is 2. The fraction of sp³-hybridized carbons (Fsp3) is 0.263. The smallest absolute Gasteiger partial charge is 0.269 e. The normalized spacial score (nSPS) is 14.7. The van der Waals surface area contributed by atoms with Crippen molar-refractivity contribution in [2.24, 2.45) is 0 Å². The van der Waals surface area contributed by atoms with Crippen LogP contribution < -0.4 is 10.1 Å². The van der Waals surface area contributed by atoms with Crippen molar-refractivity contribution in [3.05, 3.63) is 59.7 Å². The first-order valence-corrected chi connectivity index (χ1v) is 10.0. The SMILES string of the molecule is CCOc1ccccc1CNC(=O)CCN1C(=O)c2ccccc2S1(=O)=O.